The van der Waals surface area contributed by atoms with Crippen LogP contribution in [0.15, 0.2) is 63.8 Å². The summed E-state index contributed by atoms with van der Waals surface area (Å²) in [7, 11) is 3.39. The number of benzene rings is 2. The summed E-state index contributed by atoms with van der Waals surface area (Å²) in [6, 6.07) is 10.4. The van der Waals surface area contributed by atoms with E-state index in [0.29, 0.717) is 40.7 Å². The van der Waals surface area contributed by atoms with E-state index in [1.54, 1.807) is 19.2 Å². The minimum atomic E-state index is -1.27. The summed E-state index contributed by atoms with van der Waals surface area (Å²) in [4.78, 5) is 26.2. The zero-order valence-electron chi connectivity index (χ0n) is 21.5. The van der Waals surface area contributed by atoms with Crippen molar-refractivity contribution in [1.82, 2.24) is 19.4 Å². The highest BCUT2D eigenvalue weighted by atomic mass is 32.2. The Morgan fingerprint density at radius 2 is 1.90 bits per heavy atom. The third kappa shape index (κ3) is 5.48. The molecule has 5 rings (SSSR count). The number of nitrogens with zero attached hydrogens (tertiary/aromatic N) is 6. The van der Waals surface area contributed by atoms with E-state index in [0.717, 1.165) is 0 Å². The van der Waals surface area contributed by atoms with Crippen molar-refractivity contribution < 1.29 is 33.3 Å². The van der Waals surface area contributed by atoms with Crippen molar-refractivity contribution in [2.24, 2.45) is 12.0 Å². The molecule has 11 nitrogen and oxygen atoms in total. The summed E-state index contributed by atoms with van der Waals surface area (Å²) >= 11 is 1.19. The number of aromatic carboxylic acids is 1. The van der Waals surface area contributed by atoms with Gasteiger partial charge in [-0.3, -0.25) is 4.99 Å². The number of imidazole rings is 1. The predicted octanol–water partition coefficient (Wildman–Crippen LogP) is 4.80. The van der Waals surface area contributed by atoms with Crippen LogP contribution < -0.4 is 9.47 Å². The molecule has 3 heterocycles. The molecule has 0 radical (unpaired) electrons. The maximum absolute atomic E-state index is 15.5. The number of phenols is 1. The maximum atomic E-state index is 15.5. The molecule has 0 spiro atoms. The van der Waals surface area contributed by atoms with Crippen molar-refractivity contribution in [1.29, 1.82) is 5.26 Å². The molecule has 208 valence electrons. The summed E-state index contributed by atoms with van der Waals surface area (Å²) < 4.78 is 42.9. The molecule has 0 atom stereocenters. The number of hydrogen-bond donors (Lipinski definition) is 2. The average molecular weight is 579 g/mol. The smallest absolute Gasteiger partial charge is 0.354 e. The number of halogens is 2. The number of nitriles is 1. The first kappa shape index (κ1) is 27.4. The number of aromatic hydroxyl groups is 1. The van der Waals surface area contributed by atoms with Gasteiger partial charge in [-0.25, -0.2) is 19.2 Å². The molecule has 2 aromatic carbocycles. The Labute approximate surface area is 235 Å². The van der Waals surface area contributed by atoms with Crippen LogP contribution in [0.1, 0.15) is 21.6 Å². The van der Waals surface area contributed by atoms with Gasteiger partial charge >= 0.3 is 5.97 Å². The van der Waals surface area contributed by atoms with Gasteiger partial charge in [0, 0.05) is 31.6 Å². The lowest BCUT2D eigenvalue weighted by Gasteiger charge is -2.19. The number of aromatic nitrogens is 3. The second-order valence-corrected chi connectivity index (χ2v) is 9.77. The van der Waals surface area contributed by atoms with Crippen LogP contribution >= 0.6 is 11.8 Å². The number of carboxylic acids is 1. The van der Waals surface area contributed by atoms with Crippen LogP contribution in [0.2, 0.25) is 0 Å². The van der Waals surface area contributed by atoms with Gasteiger partial charge < -0.3 is 29.2 Å². The molecule has 1 aliphatic heterocycles. The zero-order valence-corrected chi connectivity index (χ0v) is 22.3. The monoisotopic (exact) mass is 578 g/mol. The Morgan fingerprint density at radius 1 is 1.10 bits per heavy atom. The van der Waals surface area contributed by atoms with E-state index in [2.05, 4.69) is 15.0 Å². The molecular formula is C27H20F2N6O5S. The number of hydrogen-bond acceptors (Lipinski definition) is 10. The second kappa shape index (κ2) is 11.1. The third-order valence-electron chi connectivity index (χ3n) is 6.03. The highest BCUT2D eigenvalue weighted by molar-refractivity contribution is 7.99. The molecule has 0 saturated carbocycles. The van der Waals surface area contributed by atoms with E-state index >= 15 is 4.39 Å². The SMILES string of the molecule is CN1CCN=C1c1cc(Sc2ncc(C(=O)O)n2C)ccc1Oc1c(F)cnc(Oc2cc(C#N)ccc2O)c1F. The first-order chi connectivity index (χ1) is 19.7. The van der Waals surface area contributed by atoms with Crippen LogP contribution in [-0.2, 0) is 7.05 Å². The number of carbonyl (C=O) groups is 1. The molecule has 41 heavy (non-hydrogen) atoms. The van der Waals surface area contributed by atoms with Gasteiger partial charge in [-0.2, -0.15) is 9.65 Å². The lowest BCUT2D eigenvalue weighted by atomic mass is 10.1. The molecule has 4 aromatic rings. The standard InChI is InChI=1S/C27H20F2N6O5S/c1-34-8-7-31-24(34)16-10-15(41-27-33-13-18(26(37)38)35(27)2)4-6-20(16)39-23-17(28)12-32-25(22(23)29)40-21-9-14(11-30)3-5-19(21)36/h3-6,9-10,12-13,36H,7-8H2,1-2H3,(H,37,38). The highest BCUT2D eigenvalue weighted by Gasteiger charge is 2.25. The number of pyridine rings is 1. The molecule has 14 heteroatoms. The van der Waals surface area contributed by atoms with Gasteiger partial charge in [-0.1, -0.05) is 11.8 Å². The fourth-order valence-electron chi connectivity index (χ4n) is 3.93. The molecule has 0 fully saturated rings. The van der Waals surface area contributed by atoms with E-state index in [1.165, 1.54) is 46.8 Å². The minimum Gasteiger partial charge on any atom is -0.504 e. The number of ether oxygens (including phenoxy) is 2. The molecule has 0 bridgehead atoms. The normalized spacial score (nSPS) is 12.7. The molecular weight excluding hydrogens is 558 g/mol. The molecule has 2 aromatic heterocycles. The average Bonchev–Trinajstić information content (AvgIpc) is 3.54. The van der Waals surface area contributed by atoms with Crippen LogP contribution in [-0.4, -0.2) is 61.6 Å². The van der Waals surface area contributed by atoms with Crippen LogP contribution in [0.5, 0.6) is 28.9 Å². The fourth-order valence-corrected chi connectivity index (χ4v) is 4.79. The molecule has 2 N–H and O–H groups in total. The van der Waals surface area contributed by atoms with Crippen LogP contribution in [0.4, 0.5) is 8.78 Å². The molecule has 0 amide bonds. The Balaban J connectivity index is 1.51. The van der Waals surface area contributed by atoms with Crippen molar-refractivity contribution in [3.63, 3.8) is 0 Å². The lowest BCUT2D eigenvalue weighted by molar-refractivity contribution is 0.0685. The highest BCUT2D eigenvalue weighted by Crippen LogP contribution is 2.39. The molecule has 0 aliphatic carbocycles. The van der Waals surface area contributed by atoms with E-state index in [-0.39, 0.29) is 28.5 Å². The number of amidine groups is 1. The second-order valence-electron chi connectivity index (χ2n) is 8.73. The quantitative estimate of drug-likeness (QED) is 0.299. The van der Waals surface area contributed by atoms with E-state index in [9.17, 15) is 19.4 Å². The lowest BCUT2D eigenvalue weighted by Crippen LogP contribution is -2.24. The van der Waals surface area contributed by atoms with Gasteiger partial charge in [-0.05, 0) is 30.3 Å². The first-order valence-corrected chi connectivity index (χ1v) is 12.7. The van der Waals surface area contributed by atoms with Crippen LogP contribution in [0, 0.1) is 23.0 Å². The van der Waals surface area contributed by atoms with Gasteiger partial charge in [0.25, 0.3) is 5.88 Å². The van der Waals surface area contributed by atoms with Crippen molar-refractivity contribution in [3.05, 3.63) is 77.2 Å². The molecule has 0 saturated heterocycles. The predicted molar refractivity (Wildman–Crippen MR) is 142 cm³/mol. The summed E-state index contributed by atoms with van der Waals surface area (Å²) in [5, 5.41) is 28.9. The Bertz CT molecular complexity index is 1750. The number of likely N-dealkylation sites (N-methyl/N-ethyl adjacent to an activating group) is 1. The summed E-state index contributed by atoms with van der Waals surface area (Å²) in [6.07, 6.45) is 1.96. The number of phenolic OH excluding ortho intramolecular Hbond substituents is 1. The first-order valence-electron chi connectivity index (χ1n) is 11.9. The van der Waals surface area contributed by atoms with Gasteiger partial charge in [0.1, 0.15) is 17.3 Å². The summed E-state index contributed by atoms with van der Waals surface area (Å²) in [5.74, 6) is -5.00. The van der Waals surface area contributed by atoms with Crippen molar-refractivity contribution >= 4 is 23.6 Å². The van der Waals surface area contributed by atoms with Crippen molar-refractivity contribution in [3.8, 4) is 34.9 Å². The van der Waals surface area contributed by atoms with Gasteiger partial charge in [0.15, 0.2) is 22.5 Å². The van der Waals surface area contributed by atoms with Crippen LogP contribution in [0.3, 0.4) is 0 Å². The minimum absolute atomic E-state index is 0.0157. The van der Waals surface area contributed by atoms with Crippen molar-refractivity contribution in [2.75, 3.05) is 20.1 Å². The number of rotatable bonds is 8. The van der Waals surface area contributed by atoms with E-state index < -0.39 is 29.2 Å². The van der Waals surface area contributed by atoms with Gasteiger partial charge in [0.2, 0.25) is 11.6 Å². The van der Waals surface area contributed by atoms with Crippen LogP contribution in [0.25, 0.3) is 0 Å². The molecule has 0 unspecified atom stereocenters. The third-order valence-corrected chi connectivity index (χ3v) is 7.08. The van der Waals surface area contributed by atoms with Gasteiger partial charge in [0.05, 0.1) is 36.1 Å². The van der Waals surface area contributed by atoms with E-state index in [4.69, 9.17) is 14.7 Å². The Kier molecular flexibility index (Phi) is 7.45. The Morgan fingerprint density at radius 3 is 2.59 bits per heavy atom. The van der Waals surface area contributed by atoms with Gasteiger partial charge in [-0.15, -0.1) is 0 Å². The number of carboxylic acid groups (broad SMARTS) is 1. The number of aliphatic imine (C=N–C) groups is 1. The molecule has 1 aliphatic rings. The zero-order chi connectivity index (χ0) is 29.3. The van der Waals surface area contributed by atoms with E-state index in [1.807, 2.05) is 18.0 Å². The Hall–Kier alpha value is -5.16. The fraction of sp³-hybridized carbons (Fsp3) is 0.148. The topological polar surface area (TPSA) is 146 Å². The summed E-state index contributed by atoms with van der Waals surface area (Å²) in [6.45, 7) is 1.12. The maximum Gasteiger partial charge on any atom is 0.354 e. The van der Waals surface area contributed by atoms with Crippen molar-refractivity contribution in [2.45, 2.75) is 10.1 Å². The largest absolute Gasteiger partial charge is 0.504 e. The summed E-state index contributed by atoms with van der Waals surface area (Å²) in [5.41, 5.74) is 0.590.